The molecule has 21 heavy (non-hydrogen) atoms. The number of methoxy groups -OCH3 is 1. The second-order valence-electron chi connectivity index (χ2n) is 6.26. The smallest absolute Gasteiger partial charge is 0.118 e. The number of ether oxygens (including phenoxy) is 1. The van der Waals surface area contributed by atoms with Gasteiger partial charge in [0.1, 0.15) is 5.75 Å². The molecule has 0 unspecified atom stereocenters. The van der Waals surface area contributed by atoms with E-state index in [2.05, 4.69) is 36.1 Å². The van der Waals surface area contributed by atoms with Crippen molar-refractivity contribution in [3.05, 3.63) is 29.8 Å². The molecule has 1 aromatic carbocycles. The number of nitrogens with zero attached hydrogens (tertiary/aromatic N) is 1. The highest BCUT2D eigenvalue weighted by atomic mass is 16.5. The van der Waals surface area contributed by atoms with Crippen molar-refractivity contribution < 1.29 is 4.74 Å². The van der Waals surface area contributed by atoms with Crippen molar-refractivity contribution in [3.8, 4) is 5.75 Å². The largest absolute Gasteiger partial charge is 0.497 e. The van der Waals surface area contributed by atoms with Crippen molar-refractivity contribution in [2.45, 2.75) is 57.5 Å². The second kappa shape index (κ2) is 7.81. The summed E-state index contributed by atoms with van der Waals surface area (Å²) in [4.78, 5) is 2.63. The first-order chi connectivity index (χ1) is 10.2. The maximum Gasteiger partial charge on any atom is 0.118 e. The van der Waals surface area contributed by atoms with Crippen LogP contribution in [0, 0.1) is 0 Å². The summed E-state index contributed by atoms with van der Waals surface area (Å²) < 4.78 is 5.25. The first-order valence-electron chi connectivity index (χ1n) is 8.32. The van der Waals surface area contributed by atoms with E-state index in [0.717, 1.165) is 25.4 Å². The van der Waals surface area contributed by atoms with E-state index in [0.29, 0.717) is 0 Å². The molecule has 1 aromatic rings. The van der Waals surface area contributed by atoms with Gasteiger partial charge in [0.15, 0.2) is 0 Å². The Hall–Kier alpha value is -1.06. The zero-order chi connectivity index (χ0) is 15.1. The topological polar surface area (TPSA) is 38.5 Å². The number of nitrogens with two attached hydrogens (primary N) is 1. The Morgan fingerprint density at radius 3 is 2.33 bits per heavy atom. The maximum absolute atomic E-state index is 6.21. The lowest BCUT2D eigenvalue weighted by molar-refractivity contribution is 0.0495. The van der Waals surface area contributed by atoms with Gasteiger partial charge >= 0.3 is 0 Å². The van der Waals surface area contributed by atoms with Gasteiger partial charge in [-0.1, -0.05) is 38.3 Å². The summed E-state index contributed by atoms with van der Waals surface area (Å²) in [6, 6.07) is 8.45. The van der Waals surface area contributed by atoms with Crippen LogP contribution in [0.25, 0.3) is 0 Å². The van der Waals surface area contributed by atoms with Crippen molar-refractivity contribution in [2.24, 2.45) is 5.73 Å². The fourth-order valence-electron chi connectivity index (χ4n) is 3.56. The van der Waals surface area contributed by atoms with Gasteiger partial charge in [-0.3, -0.25) is 4.90 Å². The fraction of sp³-hybridized carbons (Fsp3) is 0.667. The number of rotatable bonds is 7. The lowest BCUT2D eigenvalue weighted by atomic mass is 9.80. The second-order valence-corrected chi connectivity index (χ2v) is 6.26. The van der Waals surface area contributed by atoms with Crippen molar-refractivity contribution in [1.82, 2.24) is 4.90 Å². The van der Waals surface area contributed by atoms with Gasteiger partial charge in [-0.25, -0.2) is 0 Å². The zero-order valence-electron chi connectivity index (χ0n) is 13.6. The van der Waals surface area contributed by atoms with Crippen LogP contribution in [-0.2, 0) is 6.54 Å². The molecular weight excluding hydrogens is 260 g/mol. The van der Waals surface area contributed by atoms with Crippen LogP contribution in [0.5, 0.6) is 5.75 Å². The van der Waals surface area contributed by atoms with E-state index in [4.69, 9.17) is 10.5 Å². The predicted molar refractivity (Wildman–Crippen MR) is 88.6 cm³/mol. The molecule has 1 saturated carbocycles. The minimum Gasteiger partial charge on any atom is -0.497 e. The van der Waals surface area contributed by atoms with E-state index < -0.39 is 0 Å². The highest BCUT2D eigenvalue weighted by Crippen LogP contribution is 2.34. The van der Waals surface area contributed by atoms with E-state index in [1.54, 1.807) is 7.11 Å². The Morgan fingerprint density at radius 2 is 1.81 bits per heavy atom. The molecule has 0 aromatic heterocycles. The zero-order valence-corrected chi connectivity index (χ0v) is 13.6. The summed E-state index contributed by atoms with van der Waals surface area (Å²) >= 11 is 0. The van der Waals surface area contributed by atoms with E-state index in [9.17, 15) is 0 Å². The van der Waals surface area contributed by atoms with Crippen LogP contribution in [0.2, 0.25) is 0 Å². The maximum atomic E-state index is 6.21. The summed E-state index contributed by atoms with van der Waals surface area (Å²) in [7, 11) is 1.71. The van der Waals surface area contributed by atoms with E-state index >= 15 is 0 Å². The summed E-state index contributed by atoms with van der Waals surface area (Å²) in [5.74, 6) is 0.923. The van der Waals surface area contributed by atoms with Crippen LogP contribution in [0.3, 0.4) is 0 Å². The summed E-state index contributed by atoms with van der Waals surface area (Å²) in [5, 5.41) is 0. The minimum absolute atomic E-state index is 0.216. The van der Waals surface area contributed by atoms with Gasteiger partial charge in [0.05, 0.1) is 7.11 Å². The number of benzene rings is 1. The first kappa shape index (κ1) is 16.3. The summed E-state index contributed by atoms with van der Waals surface area (Å²) in [6.07, 6.45) is 7.68. The van der Waals surface area contributed by atoms with Crippen molar-refractivity contribution in [1.29, 1.82) is 0 Å². The van der Waals surface area contributed by atoms with Crippen molar-refractivity contribution >= 4 is 0 Å². The van der Waals surface area contributed by atoms with Gasteiger partial charge in [-0.05, 0) is 43.5 Å². The van der Waals surface area contributed by atoms with Crippen LogP contribution < -0.4 is 10.5 Å². The third kappa shape index (κ3) is 3.98. The van der Waals surface area contributed by atoms with E-state index in [1.807, 2.05) is 0 Å². The number of hydrogen-bond acceptors (Lipinski definition) is 3. The van der Waals surface area contributed by atoms with E-state index in [-0.39, 0.29) is 5.54 Å². The Kier molecular flexibility index (Phi) is 6.07. The lowest BCUT2D eigenvalue weighted by Crippen LogP contribution is -2.54. The average Bonchev–Trinajstić information content (AvgIpc) is 2.56. The molecule has 0 saturated heterocycles. The summed E-state index contributed by atoms with van der Waals surface area (Å²) in [5.41, 5.74) is 7.77. The monoisotopic (exact) mass is 290 g/mol. The lowest BCUT2D eigenvalue weighted by Gasteiger charge is -2.46. The van der Waals surface area contributed by atoms with Crippen molar-refractivity contribution in [3.63, 3.8) is 0 Å². The highest BCUT2D eigenvalue weighted by Gasteiger charge is 2.36. The molecule has 2 rings (SSSR count). The molecule has 1 fully saturated rings. The highest BCUT2D eigenvalue weighted by molar-refractivity contribution is 5.27. The van der Waals surface area contributed by atoms with Crippen LogP contribution in [-0.4, -0.2) is 30.6 Å². The van der Waals surface area contributed by atoms with Crippen LogP contribution in [0.15, 0.2) is 24.3 Å². The molecule has 0 radical (unpaired) electrons. The normalized spacial score (nSPS) is 17.9. The molecular formula is C18H30N2O. The standard InChI is InChI=1S/C18H30N2O/c1-3-13-20(18(15-19)11-5-4-6-12-18)14-16-7-9-17(21-2)10-8-16/h7-10H,3-6,11-15,19H2,1-2H3. The Balaban J connectivity index is 2.12. The Labute approximate surface area is 129 Å². The number of hydrogen-bond donors (Lipinski definition) is 1. The molecule has 3 nitrogen and oxygen atoms in total. The van der Waals surface area contributed by atoms with Gasteiger partial charge < -0.3 is 10.5 Å². The Bertz CT molecular complexity index is 410. The average molecular weight is 290 g/mol. The molecule has 0 amide bonds. The quantitative estimate of drug-likeness (QED) is 0.834. The fourth-order valence-corrected chi connectivity index (χ4v) is 3.56. The predicted octanol–water partition coefficient (Wildman–Crippen LogP) is 3.57. The summed E-state index contributed by atoms with van der Waals surface area (Å²) in [6.45, 7) is 5.16. The minimum atomic E-state index is 0.216. The van der Waals surface area contributed by atoms with Gasteiger partial charge in [0.2, 0.25) is 0 Å². The SMILES string of the molecule is CCCN(Cc1ccc(OC)cc1)C1(CN)CCCCC1. The molecule has 0 atom stereocenters. The van der Waals surface area contributed by atoms with Gasteiger partial charge in [-0.15, -0.1) is 0 Å². The molecule has 0 aliphatic heterocycles. The van der Waals surface area contributed by atoms with E-state index in [1.165, 1.54) is 44.1 Å². The Morgan fingerprint density at radius 1 is 1.14 bits per heavy atom. The van der Waals surface area contributed by atoms with Gasteiger partial charge in [0, 0.05) is 18.6 Å². The first-order valence-corrected chi connectivity index (χ1v) is 8.32. The van der Waals surface area contributed by atoms with Crippen molar-refractivity contribution in [2.75, 3.05) is 20.2 Å². The van der Waals surface area contributed by atoms with Crippen LogP contribution in [0.1, 0.15) is 51.0 Å². The molecule has 118 valence electrons. The van der Waals surface area contributed by atoms with Crippen LogP contribution >= 0.6 is 0 Å². The molecule has 0 heterocycles. The van der Waals surface area contributed by atoms with Crippen LogP contribution in [0.4, 0.5) is 0 Å². The third-order valence-electron chi connectivity index (χ3n) is 4.86. The molecule has 0 bridgehead atoms. The molecule has 0 spiro atoms. The van der Waals surface area contributed by atoms with Gasteiger partial charge in [-0.2, -0.15) is 0 Å². The molecule has 2 N–H and O–H groups in total. The molecule has 1 aliphatic rings. The van der Waals surface area contributed by atoms with Gasteiger partial charge in [0.25, 0.3) is 0 Å². The molecule has 1 aliphatic carbocycles. The third-order valence-corrected chi connectivity index (χ3v) is 4.86. The molecule has 3 heteroatoms.